The summed E-state index contributed by atoms with van der Waals surface area (Å²) in [5.74, 6) is 5.97. The van der Waals surface area contributed by atoms with Crippen LogP contribution in [0.15, 0.2) is 29.3 Å². The third-order valence-corrected chi connectivity index (χ3v) is 2.46. The number of guanidine groups is 1. The number of hydrogen-bond donors (Lipinski definition) is 3. The molecule has 5 heteroatoms. The van der Waals surface area contributed by atoms with Crippen molar-refractivity contribution in [3.63, 3.8) is 0 Å². The van der Waals surface area contributed by atoms with Gasteiger partial charge in [0.25, 0.3) is 0 Å². The molecule has 0 aliphatic carbocycles. The summed E-state index contributed by atoms with van der Waals surface area (Å²) in [5, 5.41) is 11.8. The number of unbranched alkanes of at least 4 members (excludes halogenated alkanes) is 1. The van der Waals surface area contributed by atoms with Crippen molar-refractivity contribution < 1.29 is 0 Å². The van der Waals surface area contributed by atoms with Crippen molar-refractivity contribution in [3.05, 3.63) is 35.4 Å². The zero-order valence-electron chi connectivity index (χ0n) is 10.6. The predicted octanol–water partition coefficient (Wildman–Crippen LogP) is 1.27. The molecule has 0 heterocycles. The monoisotopic (exact) mass is 245 g/mol. The van der Waals surface area contributed by atoms with Gasteiger partial charge in [-0.3, -0.25) is 5.43 Å². The van der Waals surface area contributed by atoms with Crippen LogP contribution in [-0.4, -0.2) is 12.5 Å². The summed E-state index contributed by atoms with van der Waals surface area (Å²) in [6.07, 6.45) is 2.21. The van der Waals surface area contributed by atoms with Crippen LogP contribution in [0.1, 0.15) is 30.9 Å². The first kappa shape index (κ1) is 14.0. The van der Waals surface area contributed by atoms with E-state index in [-0.39, 0.29) is 0 Å². The van der Waals surface area contributed by atoms with Crippen molar-refractivity contribution in [2.24, 2.45) is 10.8 Å². The molecule has 0 saturated heterocycles. The van der Waals surface area contributed by atoms with E-state index in [4.69, 9.17) is 11.1 Å². The maximum absolute atomic E-state index is 8.69. The normalized spacial score (nSPS) is 10.8. The van der Waals surface area contributed by atoms with Gasteiger partial charge in [-0.05, 0) is 24.1 Å². The molecule has 0 aliphatic heterocycles. The van der Waals surface area contributed by atoms with E-state index in [0.717, 1.165) is 24.9 Å². The number of hydrazine groups is 1. The highest BCUT2D eigenvalue weighted by molar-refractivity contribution is 5.79. The molecule has 0 radical (unpaired) electrons. The highest BCUT2D eigenvalue weighted by atomic mass is 15.3. The Morgan fingerprint density at radius 3 is 2.67 bits per heavy atom. The van der Waals surface area contributed by atoms with Crippen LogP contribution in [0.5, 0.6) is 0 Å². The number of aliphatic imine (C=N–C) groups is 1. The summed E-state index contributed by atoms with van der Waals surface area (Å²) < 4.78 is 0. The number of nitrogens with zero attached hydrogens (tertiary/aromatic N) is 2. The number of nitriles is 1. The minimum atomic E-state index is 0.532. The van der Waals surface area contributed by atoms with Gasteiger partial charge < -0.3 is 5.32 Å². The lowest BCUT2D eigenvalue weighted by molar-refractivity contribution is 0.732. The molecule has 0 amide bonds. The first-order chi connectivity index (χ1) is 8.80. The fourth-order valence-corrected chi connectivity index (χ4v) is 1.39. The fraction of sp³-hybridized carbons (Fsp3) is 0.385. The van der Waals surface area contributed by atoms with Crippen LogP contribution in [0, 0.1) is 11.3 Å². The quantitative estimate of drug-likeness (QED) is 0.240. The summed E-state index contributed by atoms with van der Waals surface area (Å²) in [6.45, 7) is 3.52. The molecule has 1 aromatic carbocycles. The molecule has 0 fully saturated rings. The Morgan fingerprint density at radius 2 is 2.11 bits per heavy atom. The lowest BCUT2D eigenvalue weighted by Crippen LogP contribution is -2.41. The molecule has 18 heavy (non-hydrogen) atoms. The van der Waals surface area contributed by atoms with Crippen LogP contribution in [-0.2, 0) is 6.54 Å². The van der Waals surface area contributed by atoms with Gasteiger partial charge in [0.2, 0.25) is 5.96 Å². The average molecular weight is 245 g/mol. The van der Waals surface area contributed by atoms with E-state index in [2.05, 4.69) is 28.7 Å². The van der Waals surface area contributed by atoms with E-state index in [0.29, 0.717) is 18.1 Å². The van der Waals surface area contributed by atoms with Crippen LogP contribution < -0.4 is 16.6 Å². The average Bonchev–Trinajstić information content (AvgIpc) is 2.43. The number of rotatable bonds is 5. The lowest BCUT2D eigenvalue weighted by Gasteiger charge is -2.08. The zero-order chi connectivity index (χ0) is 13.2. The third-order valence-electron chi connectivity index (χ3n) is 2.46. The number of nitrogens with two attached hydrogens (primary N) is 1. The topological polar surface area (TPSA) is 86.2 Å². The van der Waals surface area contributed by atoms with Gasteiger partial charge in [0.05, 0.1) is 18.2 Å². The molecule has 0 atom stereocenters. The number of hydrogen-bond acceptors (Lipinski definition) is 3. The minimum absolute atomic E-state index is 0.532. The van der Waals surface area contributed by atoms with Gasteiger partial charge in [-0.2, -0.15) is 5.26 Å². The Morgan fingerprint density at radius 1 is 1.39 bits per heavy atom. The summed E-state index contributed by atoms with van der Waals surface area (Å²) in [5.41, 5.74) is 4.23. The Bertz CT molecular complexity index is 416. The summed E-state index contributed by atoms with van der Waals surface area (Å²) in [7, 11) is 0. The molecule has 1 aromatic rings. The highest BCUT2D eigenvalue weighted by Gasteiger charge is 1.96. The van der Waals surface area contributed by atoms with Crippen molar-refractivity contribution in [1.82, 2.24) is 10.7 Å². The van der Waals surface area contributed by atoms with Gasteiger partial charge in [0.1, 0.15) is 0 Å². The first-order valence-electron chi connectivity index (χ1n) is 6.04. The van der Waals surface area contributed by atoms with Crippen molar-refractivity contribution in [2.45, 2.75) is 26.3 Å². The molecule has 96 valence electrons. The summed E-state index contributed by atoms with van der Waals surface area (Å²) >= 11 is 0. The van der Waals surface area contributed by atoms with E-state index < -0.39 is 0 Å². The van der Waals surface area contributed by atoms with Crippen molar-refractivity contribution in [2.75, 3.05) is 6.54 Å². The van der Waals surface area contributed by atoms with Gasteiger partial charge in [-0.25, -0.2) is 10.8 Å². The second kappa shape index (κ2) is 8.09. The van der Waals surface area contributed by atoms with E-state index >= 15 is 0 Å². The molecular formula is C13H19N5. The Kier molecular flexibility index (Phi) is 6.30. The largest absolute Gasteiger partial charge is 0.355 e. The summed E-state index contributed by atoms with van der Waals surface area (Å²) in [4.78, 5) is 4.33. The molecule has 1 rings (SSSR count). The second-order valence-corrected chi connectivity index (χ2v) is 3.90. The standard InChI is InChI=1S/C13H19N5/c1-2-3-8-16-13(18-15)17-10-12-6-4-11(9-14)5-7-12/h4-7H,2-3,8,10,15H2,1H3,(H2,16,17,18). The molecule has 0 saturated carbocycles. The van der Waals surface area contributed by atoms with Gasteiger partial charge in [0, 0.05) is 6.54 Å². The molecule has 0 spiro atoms. The van der Waals surface area contributed by atoms with Gasteiger partial charge in [-0.1, -0.05) is 25.5 Å². The van der Waals surface area contributed by atoms with Crippen molar-refractivity contribution in [3.8, 4) is 6.07 Å². The highest BCUT2D eigenvalue weighted by Crippen LogP contribution is 2.04. The fourth-order valence-electron chi connectivity index (χ4n) is 1.39. The molecular weight excluding hydrogens is 226 g/mol. The van der Waals surface area contributed by atoms with Crippen molar-refractivity contribution >= 4 is 5.96 Å². The molecule has 4 N–H and O–H groups in total. The lowest BCUT2D eigenvalue weighted by atomic mass is 10.1. The minimum Gasteiger partial charge on any atom is -0.355 e. The molecule has 0 unspecified atom stereocenters. The SMILES string of the molecule is CCCCNC(=NCc1ccc(C#N)cc1)NN. The number of benzene rings is 1. The smallest absolute Gasteiger partial charge is 0.206 e. The van der Waals surface area contributed by atoms with E-state index in [1.165, 1.54) is 0 Å². The summed E-state index contributed by atoms with van der Waals surface area (Å²) in [6, 6.07) is 9.43. The van der Waals surface area contributed by atoms with E-state index in [1.54, 1.807) is 12.1 Å². The van der Waals surface area contributed by atoms with E-state index in [1.807, 2.05) is 12.1 Å². The Hall–Kier alpha value is -2.06. The predicted molar refractivity (Wildman–Crippen MR) is 72.5 cm³/mol. The number of nitrogens with one attached hydrogen (secondary N) is 2. The van der Waals surface area contributed by atoms with Gasteiger partial charge in [-0.15, -0.1) is 0 Å². The molecule has 0 aromatic heterocycles. The maximum Gasteiger partial charge on any atom is 0.206 e. The maximum atomic E-state index is 8.69. The Balaban J connectivity index is 2.51. The van der Waals surface area contributed by atoms with Crippen molar-refractivity contribution in [1.29, 1.82) is 5.26 Å². The third kappa shape index (κ3) is 4.85. The second-order valence-electron chi connectivity index (χ2n) is 3.90. The molecule has 0 bridgehead atoms. The van der Waals surface area contributed by atoms with Crippen LogP contribution in [0.3, 0.4) is 0 Å². The van der Waals surface area contributed by atoms with Crippen LogP contribution >= 0.6 is 0 Å². The van der Waals surface area contributed by atoms with Crippen LogP contribution in [0.25, 0.3) is 0 Å². The molecule has 0 aliphatic rings. The van der Waals surface area contributed by atoms with Crippen LogP contribution in [0.2, 0.25) is 0 Å². The molecule has 5 nitrogen and oxygen atoms in total. The van der Waals surface area contributed by atoms with Gasteiger partial charge in [0.15, 0.2) is 0 Å². The van der Waals surface area contributed by atoms with E-state index in [9.17, 15) is 0 Å². The van der Waals surface area contributed by atoms with Crippen LogP contribution in [0.4, 0.5) is 0 Å². The zero-order valence-corrected chi connectivity index (χ0v) is 10.6. The van der Waals surface area contributed by atoms with Gasteiger partial charge >= 0.3 is 0 Å². The first-order valence-corrected chi connectivity index (χ1v) is 6.04. The Labute approximate surface area is 108 Å².